The summed E-state index contributed by atoms with van der Waals surface area (Å²) in [5.74, 6) is 0.0833. The number of rotatable bonds is 5. The van der Waals surface area contributed by atoms with E-state index in [-0.39, 0.29) is 18.6 Å². The van der Waals surface area contributed by atoms with E-state index in [0.717, 1.165) is 19.3 Å². The molecule has 0 amide bonds. The van der Waals surface area contributed by atoms with Crippen molar-refractivity contribution in [2.24, 2.45) is 5.92 Å². The van der Waals surface area contributed by atoms with Gasteiger partial charge in [-0.25, -0.2) is 0 Å². The molecule has 20 heavy (non-hydrogen) atoms. The fourth-order valence-corrected chi connectivity index (χ4v) is 1.05. The van der Waals surface area contributed by atoms with E-state index in [2.05, 4.69) is 0 Å². The predicted molar refractivity (Wildman–Crippen MR) is 76.7 cm³/mol. The summed E-state index contributed by atoms with van der Waals surface area (Å²) in [6.45, 7) is 4.13. The Kier molecular flexibility index (Phi) is 15.4. The van der Waals surface area contributed by atoms with Crippen molar-refractivity contribution in [2.45, 2.75) is 39.2 Å². The maximum Gasteiger partial charge on any atom is 0.261 e. The predicted octanol–water partition coefficient (Wildman–Crippen LogP) is 0.174. The van der Waals surface area contributed by atoms with Crippen molar-refractivity contribution >= 4 is 20.2 Å². The van der Waals surface area contributed by atoms with E-state index in [1.165, 1.54) is 0 Å². The van der Waals surface area contributed by atoms with Crippen LogP contribution < -0.4 is 0 Å². The van der Waals surface area contributed by atoms with Crippen LogP contribution in [0.4, 0.5) is 0 Å². The van der Waals surface area contributed by atoms with Crippen molar-refractivity contribution in [2.75, 3.05) is 19.1 Å². The fraction of sp³-hybridized carbons (Fsp3) is 1.00. The van der Waals surface area contributed by atoms with Gasteiger partial charge >= 0.3 is 0 Å². The van der Waals surface area contributed by atoms with Crippen LogP contribution in [0.3, 0.4) is 0 Å². The third-order valence-electron chi connectivity index (χ3n) is 1.89. The van der Waals surface area contributed by atoms with Gasteiger partial charge in [-0.05, 0) is 12.8 Å². The third kappa shape index (κ3) is 43.1. The molecule has 0 aliphatic heterocycles. The molecule has 0 saturated heterocycles. The first-order valence-corrected chi connectivity index (χ1v) is 9.59. The molecule has 0 aromatic heterocycles. The number of hydrogen-bond donors (Lipinski definition) is 4. The molecule has 8 nitrogen and oxygen atoms in total. The zero-order chi connectivity index (χ0) is 17.0. The molecule has 10 heteroatoms. The van der Waals surface area contributed by atoms with E-state index in [1.807, 2.05) is 13.8 Å². The molecule has 0 bridgehead atoms. The topological polar surface area (TPSA) is 149 Å². The van der Waals surface area contributed by atoms with E-state index in [4.69, 9.17) is 14.2 Å². The number of hydrogen-bond acceptors (Lipinski definition) is 6. The maximum absolute atomic E-state index is 9.35. The van der Waals surface area contributed by atoms with Crippen molar-refractivity contribution < 1.29 is 36.2 Å². The van der Waals surface area contributed by atoms with Crippen molar-refractivity contribution in [1.29, 1.82) is 0 Å². The van der Waals surface area contributed by atoms with Gasteiger partial charge in [-0.3, -0.25) is 9.11 Å². The quantitative estimate of drug-likeness (QED) is 0.518. The fourth-order valence-electron chi connectivity index (χ4n) is 1.05. The summed E-state index contributed by atoms with van der Waals surface area (Å²) in [6, 6.07) is 0. The van der Waals surface area contributed by atoms with Crippen LogP contribution in [0.25, 0.3) is 0 Å². The van der Waals surface area contributed by atoms with E-state index >= 15 is 0 Å². The molecule has 0 aliphatic rings. The van der Waals surface area contributed by atoms with Crippen LogP contribution >= 0.6 is 0 Å². The minimum Gasteiger partial charge on any atom is -0.396 e. The summed E-state index contributed by atoms with van der Waals surface area (Å²) in [7, 11) is -7.33. The molecule has 0 saturated carbocycles. The van der Waals surface area contributed by atoms with Crippen LogP contribution in [0.2, 0.25) is 0 Å². The van der Waals surface area contributed by atoms with Gasteiger partial charge < -0.3 is 10.2 Å². The van der Waals surface area contributed by atoms with E-state index < -0.39 is 20.2 Å². The largest absolute Gasteiger partial charge is 0.396 e. The van der Waals surface area contributed by atoms with Gasteiger partial charge in [-0.15, -0.1) is 0 Å². The lowest BCUT2D eigenvalue weighted by atomic mass is 9.97. The first-order valence-electron chi connectivity index (χ1n) is 5.90. The molecule has 0 fully saturated rings. The molecule has 0 aromatic rings. The highest BCUT2D eigenvalue weighted by atomic mass is 32.2. The molecular formula is C10H26O8S2. The van der Waals surface area contributed by atoms with Crippen LogP contribution in [0, 0.1) is 5.92 Å². The van der Waals surface area contributed by atoms with Crippen LogP contribution in [0.1, 0.15) is 33.1 Å². The highest BCUT2D eigenvalue weighted by Gasteiger charge is 2.14. The van der Waals surface area contributed by atoms with Crippen molar-refractivity contribution in [1.82, 2.24) is 0 Å². The Morgan fingerprint density at radius 3 is 1.40 bits per heavy atom. The normalized spacial score (nSPS) is 14.2. The molecule has 0 radical (unpaired) electrons. The van der Waals surface area contributed by atoms with Gasteiger partial charge in [0.1, 0.15) is 0 Å². The molecule has 0 rings (SSSR count). The Morgan fingerprint density at radius 2 is 1.25 bits per heavy atom. The second-order valence-corrected chi connectivity index (χ2v) is 7.11. The summed E-state index contributed by atoms with van der Waals surface area (Å²) in [4.78, 5) is 0. The average Bonchev–Trinajstić information content (AvgIpc) is 2.14. The van der Waals surface area contributed by atoms with Gasteiger partial charge in [0.15, 0.2) is 0 Å². The van der Waals surface area contributed by atoms with Crippen molar-refractivity contribution in [3.8, 4) is 0 Å². The lowest BCUT2D eigenvalue weighted by molar-refractivity contribution is 0.0584. The summed E-state index contributed by atoms with van der Waals surface area (Å²) in [5, 5.41) is 18.1. The summed E-state index contributed by atoms with van der Waals surface area (Å²) >= 11 is 0. The maximum atomic E-state index is 9.35. The standard InChI is InChI=1S/C8H18O2.2CH4O3S/c1-3-5-8(10)7(4-2)6-9;2*1-5(2,3)4/h7-10H,3-6H2,1-2H3;2*1H3,(H,2,3,4). The molecule has 2 atom stereocenters. The first-order chi connectivity index (χ1) is 8.76. The Labute approximate surface area is 121 Å². The van der Waals surface area contributed by atoms with Gasteiger partial charge in [0.2, 0.25) is 0 Å². The van der Waals surface area contributed by atoms with Gasteiger partial charge in [-0.2, -0.15) is 16.8 Å². The SMILES string of the molecule is CCCC(O)C(CC)CO.CS(=O)(=O)O.CS(=O)(=O)O. The highest BCUT2D eigenvalue weighted by molar-refractivity contribution is 7.85. The number of aliphatic hydroxyl groups is 2. The van der Waals surface area contributed by atoms with Crippen LogP contribution in [-0.2, 0) is 20.2 Å². The zero-order valence-corrected chi connectivity index (χ0v) is 13.9. The van der Waals surface area contributed by atoms with E-state index in [9.17, 15) is 21.9 Å². The van der Waals surface area contributed by atoms with Crippen LogP contribution in [-0.4, -0.2) is 61.4 Å². The van der Waals surface area contributed by atoms with Gasteiger partial charge in [0.05, 0.1) is 18.6 Å². The summed E-state index contributed by atoms with van der Waals surface area (Å²) in [5.41, 5.74) is 0. The molecule has 0 heterocycles. The highest BCUT2D eigenvalue weighted by Crippen LogP contribution is 2.11. The van der Waals surface area contributed by atoms with Gasteiger partial charge in [0, 0.05) is 12.5 Å². The Hall–Kier alpha value is -0.260. The zero-order valence-electron chi connectivity index (χ0n) is 12.2. The Bertz CT molecular complexity index is 351. The van der Waals surface area contributed by atoms with Crippen molar-refractivity contribution in [3.63, 3.8) is 0 Å². The molecule has 126 valence electrons. The molecule has 2 unspecified atom stereocenters. The van der Waals surface area contributed by atoms with E-state index in [0.29, 0.717) is 12.5 Å². The molecular weight excluding hydrogens is 312 g/mol. The summed E-state index contributed by atoms with van der Waals surface area (Å²) in [6.07, 6.45) is 3.77. The van der Waals surface area contributed by atoms with Gasteiger partial charge in [-0.1, -0.05) is 20.3 Å². The smallest absolute Gasteiger partial charge is 0.261 e. The van der Waals surface area contributed by atoms with E-state index in [1.54, 1.807) is 0 Å². The molecule has 4 N–H and O–H groups in total. The average molecular weight is 338 g/mol. The van der Waals surface area contributed by atoms with Crippen LogP contribution in [0.15, 0.2) is 0 Å². The minimum atomic E-state index is -3.67. The second kappa shape index (κ2) is 12.5. The molecule has 0 aliphatic carbocycles. The monoisotopic (exact) mass is 338 g/mol. The number of aliphatic hydroxyl groups excluding tert-OH is 2. The molecule has 0 aromatic carbocycles. The summed E-state index contributed by atoms with van der Waals surface area (Å²) < 4.78 is 51.7. The van der Waals surface area contributed by atoms with Crippen LogP contribution in [0.5, 0.6) is 0 Å². The third-order valence-corrected chi connectivity index (χ3v) is 1.89. The minimum absolute atomic E-state index is 0.0833. The first kappa shape index (κ1) is 24.7. The Balaban J connectivity index is -0.000000244. The van der Waals surface area contributed by atoms with Gasteiger partial charge in [0.25, 0.3) is 20.2 Å². The van der Waals surface area contributed by atoms with Crippen molar-refractivity contribution in [3.05, 3.63) is 0 Å². The lowest BCUT2D eigenvalue weighted by Crippen LogP contribution is -2.22. The second-order valence-electron chi connectivity index (χ2n) is 4.17. The Morgan fingerprint density at radius 1 is 0.950 bits per heavy atom. The lowest BCUT2D eigenvalue weighted by Gasteiger charge is -2.17. The molecule has 0 spiro atoms.